The van der Waals surface area contributed by atoms with Crippen molar-refractivity contribution in [2.75, 3.05) is 18.0 Å². The molecule has 1 aliphatic rings. The van der Waals surface area contributed by atoms with Gasteiger partial charge in [-0.2, -0.15) is 0 Å². The second-order valence-electron chi connectivity index (χ2n) is 5.90. The number of nitrogens with one attached hydrogen (secondary N) is 1. The molecule has 4 nitrogen and oxygen atoms in total. The van der Waals surface area contributed by atoms with Crippen LogP contribution in [-0.2, 0) is 4.79 Å². The van der Waals surface area contributed by atoms with Gasteiger partial charge < -0.3 is 16.0 Å². The van der Waals surface area contributed by atoms with Crippen molar-refractivity contribution in [3.63, 3.8) is 0 Å². The molecular weight excluding hydrogens is 312 g/mol. The highest BCUT2D eigenvalue weighted by Crippen LogP contribution is 2.26. The molecule has 24 heavy (non-hydrogen) atoms. The van der Waals surface area contributed by atoms with E-state index in [-0.39, 0.29) is 17.6 Å². The van der Waals surface area contributed by atoms with Crippen LogP contribution in [0.5, 0.6) is 0 Å². The molecule has 1 saturated heterocycles. The number of hydrogen-bond acceptors (Lipinski definition) is 3. The Kier molecular flexibility index (Phi) is 4.76. The molecule has 126 valence electrons. The van der Waals surface area contributed by atoms with E-state index in [1.54, 1.807) is 17.0 Å². The molecule has 0 saturated carbocycles. The first-order chi connectivity index (χ1) is 11.6. The third-order valence-corrected chi connectivity index (χ3v) is 4.23. The molecule has 2 aromatic rings. The summed E-state index contributed by atoms with van der Waals surface area (Å²) in [7, 11) is 0. The van der Waals surface area contributed by atoms with Gasteiger partial charge >= 0.3 is 0 Å². The Bertz CT molecular complexity index is 703. The predicted octanol–water partition coefficient (Wildman–Crippen LogP) is 2.36. The fourth-order valence-electron chi connectivity index (χ4n) is 2.98. The summed E-state index contributed by atoms with van der Waals surface area (Å²) in [6, 6.07) is 11.9. The highest BCUT2D eigenvalue weighted by atomic mass is 19.1. The van der Waals surface area contributed by atoms with E-state index in [0.717, 1.165) is 5.56 Å². The molecule has 3 rings (SSSR count). The van der Waals surface area contributed by atoms with Gasteiger partial charge in [0, 0.05) is 19.1 Å². The Labute approximate surface area is 139 Å². The van der Waals surface area contributed by atoms with Gasteiger partial charge in [0.15, 0.2) is 0 Å². The molecule has 2 aromatic carbocycles. The number of benzene rings is 2. The molecule has 3 N–H and O–H groups in total. The first-order valence-corrected chi connectivity index (χ1v) is 7.86. The van der Waals surface area contributed by atoms with E-state index >= 15 is 0 Å². The molecular formula is C18H19F2N3O. The zero-order valence-corrected chi connectivity index (χ0v) is 13.1. The van der Waals surface area contributed by atoms with Gasteiger partial charge in [-0.25, -0.2) is 8.78 Å². The second-order valence-corrected chi connectivity index (χ2v) is 5.90. The maximum atomic E-state index is 13.9. The lowest BCUT2D eigenvalue weighted by molar-refractivity contribution is -0.123. The molecule has 2 unspecified atom stereocenters. The summed E-state index contributed by atoms with van der Waals surface area (Å²) in [6.45, 7) is 0.828. The van der Waals surface area contributed by atoms with E-state index in [1.165, 1.54) is 18.2 Å². The van der Waals surface area contributed by atoms with Crippen LogP contribution in [0, 0.1) is 11.6 Å². The quantitative estimate of drug-likeness (QED) is 0.904. The topological polar surface area (TPSA) is 58.4 Å². The summed E-state index contributed by atoms with van der Waals surface area (Å²) >= 11 is 0. The van der Waals surface area contributed by atoms with Crippen molar-refractivity contribution in [2.45, 2.75) is 18.5 Å². The maximum Gasteiger partial charge on any atom is 0.241 e. The average molecular weight is 331 g/mol. The SMILES string of the molecule is NC(C(=O)NC1CCN(c2c(F)cccc2F)C1)c1ccccc1. The fourth-order valence-corrected chi connectivity index (χ4v) is 2.98. The minimum atomic E-state index is -0.759. The van der Waals surface area contributed by atoms with Crippen molar-refractivity contribution >= 4 is 11.6 Å². The largest absolute Gasteiger partial charge is 0.365 e. The molecule has 0 aliphatic carbocycles. The molecule has 6 heteroatoms. The highest BCUT2D eigenvalue weighted by molar-refractivity contribution is 5.83. The molecule has 0 radical (unpaired) electrons. The third-order valence-electron chi connectivity index (χ3n) is 4.23. The van der Waals surface area contributed by atoms with Crippen LogP contribution in [0.4, 0.5) is 14.5 Å². The molecule has 0 aromatic heterocycles. The van der Waals surface area contributed by atoms with E-state index in [0.29, 0.717) is 19.5 Å². The Morgan fingerprint density at radius 1 is 1.12 bits per heavy atom. The molecule has 1 fully saturated rings. The van der Waals surface area contributed by atoms with E-state index in [4.69, 9.17) is 5.73 Å². The zero-order valence-electron chi connectivity index (χ0n) is 13.1. The number of nitrogens with two attached hydrogens (primary N) is 1. The monoisotopic (exact) mass is 331 g/mol. The summed E-state index contributed by atoms with van der Waals surface area (Å²) in [5.41, 5.74) is 6.65. The Balaban J connectivity index is 1.63. The Morgan fingerprint density at radius 2 is 1.79 bits per heavy atom. The Morgan fingerprint density at radius 3 is 2.46 bits per heavy atom. The lowest BCUT2D eigenvalue weighted by atomic mass is 10.1. The summed E-state index contributed by atoms with van der Waals surface area (Å²) in [4.78, 5) is 13.9. The standard InChI is InChI=1S/C18H19F2N3O/c19-14-7-4-8-15(20)17(14)23-10-9-13(11-23)22-18(24)16(21)12-5-2-1-3-6-12/h1-8,13,16H,9-11,21H2,(H,22,24). The van der Waals surface area contributed by atoms with Gasteiger partial charge in [0.25, 0.3) is 0 Å². The molecule has 1 heterocycles. The van der Waals surface area contributed by atoms with E-state index in [2.05, 4.69) is 5.32 Å². The van der Waals surface area contributed by atoms with Crippen LogP contribution in [0.2, 0.25) is 0 Å². The average Bonchev–Trinajstić information content (AvgIpc) is 3.03. The van der Waals surface area contributed by atoms with E-state index in [9.17, 15) is 13.6 Å². The van der Waals surface area contributed by atoms with Crippen LogP contribution < -0.4 is 16.0 Å². The zero-order chi connectivity index (χ0) is 17.1. The Hall–Kier alpha value is -2.47. The molecule has 1 aliphatic heterocycles. The second kappa shape index (κ2) is 6.97. The first kappa shape index (κ1) is 16.4. The summed E-state index contributed by atoms with van der Waals surface area (Å²) in [5, 5.41) is 2.87. The maximum absolute atomic E-state index is 13.9. The fraction of sp³-hybridized carbons (Fsp3) is 0.278. The van der Waals surface area contributed by atoms with Crippen molar-refractivity contribution in [1.82, 2.24) is 5.32 Å². The first-order valence-electron chi connectivity index (χ1n) is 7.86. The molecule has 2 atom stereocenters. The van der Waals surface area contributed by atoms with Gasteiger partial charge in [0.1, 0.15) is 23.4 Å². The van der Waals surface area contributed by atoms with Crippen LogP contribution in [0.3, 0.4) is 0 Å². The van der Waals surface area contributed by atoms with E-state index < -0.39 is 17.7 Å². The van der Waals surface area contributed by atoms with Gasteiger partial charge in [0.2, 0.25) is 5.91 Å². The number of carbonyl (C=O) groups is 1. The van der Waals surface area contributed by atoms with Crippen molar-refractivity contribution < 1.29 is 13.6 Å². The molecule has 1 amide bonds. The van der Waals surface area contributed by atoms with Crippen molar-refractivity contribution in [1.29, 1.82) is 0 Å². The minimum absolute atomic E-state index is 0.0402. The number of rotatable bonds is 4. The normalized spacial score (nSPS) is 18.5. The van der Waals surface area contributed by atoms with Gasteiger partial charge in [0.05, 0.1) is 0 Å². The van der Waals surface area contributed by atoms with Gasteiger partial charge in [-0.15, -0.1) is 0 Å². The summed E-state index contributed by atoms with van der Waals surface area (Å²) < 4.78 is 27.7. The van der Waals surface area contributed by atoms with Crippen LogP contribution >= 0.6 is 0 Å². The number of amides is 1. The number of carbonyl (C=O) groups excluding carboxylic acids is 1. The minimum Gasteiger partial charge on any atom is -0.365 e. The smallest absolute Gasteiger partial charge is 0.241 e. The highest BCUT2D eigenvalue weighted by Gasteiger charge is 2.29. The predicted molar refractivity (Wildman–Crippen MR) is 88.5 cm³/mol. The summed E-state index contributed by atoms with van der Waals surface area (Å²) in [5.74, 6) is -1.48. The number of hydrogen-bond donors (Lipinski definition) is 2. The lowest BCUT2D eigenvalue weighted by Gasteiger charge is -2.21. The van der Waals surface area contributed by atoms with Crippen molar-refractivity contribution in [2.24, 2.45) is 5.73 Å². The van der Waals surface area contributed by atoms with E-state index in [1.807, 2.05) is 18.2 Å². The lowest BCUT2D eigenvalue weighted by Crippen LogP contribution is -2.42. The van der Waals surface area contributed by atoms with Crippen LogP contribution in [0.25, 0.3) is 0 Å². The van der Waals surface area contributed by atoms with Gasteiger partial charge in [-0.05, 0) is 24.1 Å². The summed E-state index contributed by atoms with van der Waals surface area (Å²) in [6.07, 6.45) is 0.612. The third kappa shape index (κ3) is 3.38. The van der Waals surface area contributed by atoms with Crippen molar-refractivity contribution in [3.8, 4) is 0 Å². The number of para-hydroxylation sites is 1. The van der Waals surface area contributed by atoms with Crippen LogP contribution in [0.1, 0.15) is 18.0 Å². The van der Waals surface area contributed by atoms with Gasteiger partial charge in [-0.3, -0.25) is 4.79 Å². The molecule has 0 bridgehead atoms. The van der Waals surface area contributed by atoms with Crippen molar-refractivity contribution in [3.05, 3.63) is 65.7 Å². The number of halogens is 2. The molecule has 0 spiro atoms. The van der Waals surface area contributed by atoms with Crippen LogP contribution in [-0.4, -0.2) is 25.0 Å². The number of nitrogens with zero attached hydrogens (tertiary/aromatic N) is 1. The van der Waals surface area contributed by atoms with Crippen LogP contribution in [0.15, 0.2) is 48.5 Å². The van der Waals surface area contributed by atoms with Gasteiger partial charge in [-0.1, -0.05) is 36.4 Å². The number of anilines is 1.